The van der Waals surface area contributed by atoms with Crippen LogP contribution >= 0.6 is 0 Å². The molecule has 0 spiro atoms. The summed E-state index contributed by atoms with van der Waals surface area (Å²) in [7, 11) is 0. The van der Waals surface area contributed by atoms with E-state index >= 15 is 0 Å². The molecule has 0 atom stereocenters. The molecule has 2 heterocycles. The number of nitrogens with one attached hydrogen (secondary N) is 1. The van der Waals surface area contributed by atoms with Crippen molar-refractivity contribution < 1.29 is 9.59 Å². The molecule has 2 fully saturated rings. The average Bonchev–Trinajstić information content (AvgIpc) is 3.35. The van der Waals surface area contributed by atoms with Gasteiger partial charge < -0.3 is 9.80 Å². The summed E-state index contributed by atoms with van der Waals surface area (Å²) in [5.41, 5.74) is 1.25. The van der Waals surface area contributed by atoms with Crippen molar-refractivity contribution in [3.63, 3.8) is 0 Å². The number of carbonyl (C=O) groups is 2. The van der Waals surface area contributed by atoms with Gasteiger partial charge in [0.05, 0.1) is 5.56 Å². The number of amides is 2. The van der Waals surface area contributed by atoms with Crippen molar-refractivity contribution in [1.82, 2.24) is 25.0 Å². The highest BCUT2D eigenvalue weighted by molar-refractivity contribution is 6.01. The van der Waals surface area contributed by atoms with E-state index in [0.29, 0.717) is 36.1 Å². The van der Waals surface area contributed by atoms with Gasteiger partial charge in [0, 0.05) is 24.7 Å². The van der Waals surface area contributed by atoms with Crippen LogP contribution in [-0.2, 0) is 4.79 Å². The zero-order valence-corrected chi connectivity index (χ0v) is 14.0. The van der Waals surface area contributed by atoms with Gasteiger partial charge in [-0.1, -0.05) is 31.0 Å². The van der Waals surface area contributed by atoms with Crippen LogP contribution in [0.3, 0.4) is 0 Å². The molecule has 1 aromatic carbocycles. The first-order valence-electron chi connectivity index (χ1n) is 8.77. The molecule has 1 aromatic heterocycles. The Hall–Kier alpha value is -2.70. The van der Waals surface area contributed by atoms with E-state index in [0.717, 1.165) is 12.8 Å². The molecule has 2 aliphatic rings. The van der Waals surface area contributed by atoms with E-state index in [2.05, 4.69) is 15.2 Å². The minimum absolute atomic E-state index is 0.0589. The smallest absolute Gasteiger partial charge is 0.255 e. The molecule has 130 valence electrons. The van der Waals surface area contributed by atoms with Gasteiger partial charge in [0.15, 0.2) is 5.82 Å². The van der Waals surface area contributed by atoms with Gasteiger partial charge in [-0.05, 0) is 18.9 Å². The molecule has 0 unspecified atom stereocenters. The van der Waals surface area contributed by atoms with Gasteiger partial charge in [-0.2, -0.15) is 5.10 Å². The van der Waals surface area contributed by atoms with Crippen LogP contribution in [0.4, 0.5) is 0 Å². The highest BCUT2D eigenvalue weighted by Crippen LogP contribution is 2.26. The molecular weight excluding hydrogens is 318 g/mol. The SMILES string of the molecule is O=C(c1ccccc1-c1ncn[nH]1)N1CCN(C2CCCC2)C(=O)C1. The Balaban J connectivity index is 1.52. The van der Waals surface area contributed by atoms with E-state index in [1.807, 2.05) is 23.1 Å². The largest absolute Gasteiger partial charge is 0.336 e. The second-order valence-corrected chi connectivity index (χ2v) is 6.63. The second kappa shape index (κ2) is 6.66. The summed E-state index contributed by atoms with van der Waals surface area (Å²) >= 11 is 0. The fourth-order valence-electron chi connectivity index (χ4n) is 3.84. The Bertz CT molecular complexity index is 768. The van der Waals surface area contributed by atoms with Crippen LogP contribution in [-0.4, -0.2) is 62.5 Å². The van der Waals surface area contributed by atoms with Crippen molar-refractivity contribution in [1.29, 1.82) is 0 Å². The third-order valence-corrected chi connectivity index (χ3v) is 5.14. The fraction of sp³-hybridized carbons (Fsp3) is 0.444. The molecule has 25 heavy (non-hydrogen) atoms. The molecule has 2 aromatic rings. The lowest BCUT2D eigenvalue weighted by atomic mass is 10.0. The molecule has 1 saturated carbocycles. The molecule has 1 aliphatic heterocycles. The van der Waals surface area contributed by atoms with Crippen LogP contribution in [0.5, 0.6) is 0 Å². The number of hydrogen-bond donors (Lipinski definition) is 1. The van der Waals surface area contributed by atoms with E-state index in [1.165, 1.54) is 19.2 Å². The first-order valence-corrected chi connectivity index (χ1v) is 8.77. The normalized spacial score (nSPS) is 18.8. The number of nitrogens with zero attached hydrogens (tertiary/aromatic N) is 4. The van der Waals surface area contributed by atoms with Crippen molar-refractivity contribution in [2.24, 2.45) is 0 Å². The molecule has 0 radical (unpaired) electrons. The molecule has 1 N–H and O–H groups in total. The van der Waals surface area contributed by atoms with Crippen molar-refractivity contribution in [3.05, 3.63) is 36.2 Å². The summed E-state index contributed by atoms with van der Waals surface area (Å²) in [4.78, 5) is 33.3. The summed E-state index contributed by atoms with van der Waals surface area (Å²) in [6.45, 7) is 1.35. The van der Waals surface area contributed by atoms with Crippen LogP contribution in [0.15, 0.2) is 30.6 Å². The molecule has 2 amide bonds. The zero-order valence-electron chi connectivity index (χ0n) is 14.0. The van der Waals surface area contributed by atoms with E-state index in [9.17, 15) is 9.59 Å². The van der Waals surface area contributed by atoms with Crippen molar-refractivity contribution >= 4 is 11.8 Å². The van der Waals surface area contributed by atoms with Crippen LogP contribution in [0.25, 0.3) is 11.4 Å². The Morgan fingerprint density at radius 1 is 1.16 bits per heavy atom. The Morgan fingerprint density at radius 3 is 2.68 bits per heavy atom. The summed E-state index contributed by atoms with van der Waals surface area (Å²) in [6.07, 6.45) is 5.99. The first-order chi connectivity index (χ1) is 12.2. The van der Waals surface area contributed by atoms with Crippen LogP contribution in [0, 0.1) is 0 Å². The van der Waals surface area contributed by atoms with Gasteiger partial charge in [-0.15, -0.1) is 0 Å². The van der Waals surface area contributed by atoms with E-state index in [1.54, 1.807) is 11.0 Å². The van der Waals surface area contributed by atoms with E-state index < -0.39 is 0 Å². The number of aromatic amines is 1. The van der Waals surface area contributed by atoms with E-state index in [4.69, 9.17) is 0 Å². The summed E-state index contributed by atoms with van der Waals surface area (Å²) in [5, 5.41) is 6.65. The van der Waals surface area contributed by atoms with Gasteiger partial charge in [0.1, 0.15) is 12.9 Å². The molecule has 7 nitrogen and oxygen atoms in total. The van der Waals surface area contributed by atoms with E-state index in [-0.39, 0.29) is 18.4 Å². The minimum atomic E-state index is -0.133. The van der Waals surface area contributed by atoms with Crippen molar-refractivity contribution in [2.45, 2.75) is 31.7 Å². The summed E-state index contributed by atoms with van der Waals surface area (Å²) < 4.78 is 0. The predicted octanol–water partition coefficient (Wildman–Crippen LogP) is 1.70. The Morgan fingerprint density at radius 2 is 1.96 bits per heavy atom. The molecule has 7 heteroatoms. The maximum absolute atomic E-state index is 13.0. The monoisotopic (exact) mass is 339 g/mol. The standard InChI is InChI=1S/C18H21N5O2/c24-16-11-22(9-10-23(16)13-5-1-2-6-13)18(25)15-8-4-3-7-14(15)17-19-12-20-21-17/h3-4,7-8,12-13H,1-2,5-6,9-11H2,(H,19,20,21). The lowest BCUT2D eigenvalue weighted by Gasteiger charge is -2.38. The summed E-state index contributed by atoms with van der Waals surface area (Å²) in [6, 6.07) is 7.66. The maximum Gasteiger partial charge on any atom is 0.255 e. The molecule has 1 saturated heterocycles. The average molecular weight is 339 g/mol. The summed E-state index contributed by atoms with van der Waals surface area (Å²) in [5.74, 6) is 0.481. The number of H-pyrrole nitrogens is 1. The lowest BCUT2D eigenvalue weighted by Crippen LogP contribution is -2.54. The highest BCUT2D eigenvalue weighted by atomic mass is 16.2. The minimum Gasteiger partial charge on any atom is -0.336 e. The number of aromatic nitrogens is 3. The molecular formula is C18H21N5O2. The van der Waals surface area contributed by atoms with Gasteiger partial charge in [0.25, 0.3) is 5.91 Å². The lowest BCUT2D eigenvalue weighted by molar-refractivity contribution is -0.137. The van der Waals surface area contributed by atoms with Crippen LogP contribution < -0.4 is 0 Å². The van der Waals surface area contributed by atoms with Gasteiger partial charge in [-0.25, -0.2) is 4.98 Å². The van der Waals surface area contributed by atoms with Crippen LogP contribution in [0.1, 0.15) is 36.0 Å². The fourth-order valence-corrected chi connectivity index (χ4v) is 3.84. The predicted molar refractivity (Wildman–Crippen MR) is 91.7 cm³/mol. The van der Waals surface area contributed by atoms with Crippen molar-refractivity contribution in [2.75, 3.05) is 19.6 Å². The number of carbonyl (C=O) groups excluding carboxylic acids is 2. The number of piperazine rings is 1. The highest BCUT2D eigenvalue weighted by Gasteiger charge is 2.33. The quantitative estimate of drug-likeness (QED) is 0.923. The third-order valence-electron chi connectivity index (χ3n) is 5.14. The van der Waals surface area contributed by atoms with Crippen molar-refractivity contribution in [3.8, 4) is 11.4 Å². The Labute approximate surface area is 146 Å². The van der Waals surface area contributed by atoms with Gasteiger partial charge in [0.2, 0.25) is 5.91 Å². The zero-order chi connectivity index (χ0) is 17.2. The van der Waals surface area contributed by atoms with Gasteiger partial charge >= 0.3 is 0 Å². The Kier molecular flexibility index (Phi) is 4.21. The molecule has 4 rings (SSSR count). The first kappa shape index (κ1) is 15.8. The molecule has 1 aliphatic carbocycles. The maximum atomic E-state index is 13.0. The number of rotatable bonds is 3. The van der Waals surface area contributed by atoms with Gasteiger partial charge in [-0.3, -0.25) is 14.7 Å². The third kappa shape index (κ3) is 3.01. The molecule has 0 bridgehead atoms. The topological polar surface area (TPSA) is 82.2 Å². The van der Waals surface area contributed by atoms with Crippen LogP contribution in [0.2, 0.25) is 0 Å². The second-order valence-electron chi connectivity index (χ2n) is 6.63. The number of benzene rings is 1. The number of hydrogen-bond acceptors (Lipinski definition) is 4.